The van der Waals surface area contributed by atoms with Gasteiger partial charge < -0.3 is 10.2 Å². The molecule has 1 N–H and O–H groups in total. The van der Waals surface area contributed by atoms with Gasteiger partial charge in [-0.15, -0.1) is 0 Å². The number of likely N-dealkylation sites (tertiary alicyclic amines) is 1. The standard InChI is InChI=1S/C17H27N3O/c1-5-9-18-16-8-6-7-15(19-16)17(21)20-11-12(2)10-13(3)14(20)4/h6-8,12-14H,5,9-11H2,1-4H3,(H,18,19). The molecule has 3 atom stereocenters. The summed E-state index contributed by atoms with van der Waals surface area (Å²) in [5.74, 6) is 1.94. The van der Waals surface area contributed by atoms with Gasteiger partial charge in [0.15, 0.2) is 0 Å². The van der Waals surface area contributed by atoms with Gasteiger partial charge in [0.05, 0.1) is 0 Å². The molecule has 1 aliphatic rings. The summed E-state index contributed by atoms with van der Waals surface area (Å²) in [6.07, 6.45) is 2.23. The molecule has 0 bridgehead atoms. The number of carbonyl (C=O) groups is 1. The molecule has 3 unspecified atom stereocenters. The summed E-state index contributed by atoms with van der Waals surface area (Å²) in [6, 6.07) is 5.91. The Kier molecular flexibility index (Phi) is 5.21. The van der Waals surface area contributed by atoms with Gasteiger partial charge in [-0.3, -0.25) is 4.79 Å². The van der Waals surface area contributed by atoms with Crippen molar-refractivity contribution in [3.8, 4) is 0 Å². The highest BCUT2D eigenvalue weighted by molar-refractivity contribution is 5.93. The number of piperidine rings is 1. The smallest absolute Gasteiger partial charge is 0.272 e. The summed E-state index contributed by atoms with van der Waals surface area (Å²) < 4.78 is 0. The van der Waals surface area contributed by atoms with Gasteiger partial charge in [-0.1, -0.05) is 26.8 Å². The van der Waals surface area contributed by atoms with E-state index in [4.69, 9.17) is 0 Å². The quantitative estimate of drug-likeness (QED) is 0.924. The third-order valence-corrected chi connectivity index (χ3v) is 4.38. The van der Waals surface area contributed by atoms with Crippen molar-refractivity contribution < 1.29 is 4.79 Å². The zero-order chi connectivity index (χ0) is 15.4. The van der Waals surface area contributed by atoms with Gasteiger partial charge in [0.1, 0.15) is 11.5 Å². The normalized spacial score (nSPS) is 25.7. The van der Waals surface area contributed by atoms with E-state index in [-0.39, 0.29) is 11.9 Å². The van der Waals surface area contributed by atoms with Crippen LogP contribution in [-0.4, -0.2) is 34.9 Å². The second kappa shape index (κ2) is 6.92. The molecule has 0 aliphatic carbocycles. The number of aromatic nitrogens is 1. The van der Waals surface area contributed by atoms with Crippen LogP contribution >= 0.6 is 0 Å². The van der Waals surface area contributed by atoms with Crippen molar-refractivity contribution in [1.82, 2.24) is 9.88 Å². The molecular weight excluding hydrogens is 262 g/mol. The van der Waals surface area contributed by atoms with E-state index < -0.39 is 0 Å². The maximum Gasteiger partial charge on any atom is 0.272 e. The van der Waals surface area contributed by atoms with E-state index in [1.54, 1.807) is 0 Å². The van der Waals surface area contributed by atoms with E-state index in [0.717, 1.165) is 25.3 Å². The van der Waals surface area contributed by atoms with Crippen LogP contribution in [0, 0.1) is 11.8 Å². The van der Waals surface area contributed by atoms with E-state index in [1.165, 1.54) is 6.42 Å². The fourth-order valence-electron chi connectivity index (χ4n) is 3.04. The highest BCUT2D eigenvalue weighted by atomic mass is 16.2. The van der Waals surface area contributed by atoms with E-state index in [9.17, 15) is 4.79 Å². The molecule has 2 heterocycles. The molecule has 0 spiro atoms. The summed E-state index contributed by atoms with van der Waals surface area (Å²) in [5.41, 5.74) is 0.546. The first-order chi connectivity index (χ1) is 10.0. The lowest BCUT2D eigenvalue weighted by molar-refractivity contribution is 0.0450. The van der Waals surface area contributed by atoms with Crippen LogP contribution in [0.1, 0.15) is 51.0 Å². The predicted molar refractivity (Wildman–Crippen MR) is 86.5 cm³/mol. The Morgan fingerprint density at radius 3 is 2.86 bits per heavy atom. The summed E-state index contributed by atoms with van der Waals surface area (Å²) in [6.45, 7) is 10.4. The maximum atomic E-state index is 12.8. The number of nitrogens with zero attached hydrogens (tertiary/aromatic N) is 2. The largest absolute Gasteiger partial charge is 0.370 e. The van der Waals surface area contributed by atoms with Crippen LogP contribution in [0.25, 0.3) is 0 Å². The van der Waals surface area contributed by atoms with E-state index in [2.05, 4.69) is 38.0 Å². The van der Waals surface area contributed by atoms with E-state index in [1.807, 2.05) is 23.1 Å². The molecule has 1 amide bonds. The van der Waals surface area contributed by atoms with Gasteiger partial charge in [-0.2, -0.15) is 0 Å². The summed E-state index contributed by atoms with van der Waals surface area (Å²) in [4.78, 5) is 19.2. The molecule has 1 aliphatic heterocycles. The molecule has 1 fully saturated rings. The third-order valence-electron chi connectivity index (χ3n) is 4.38. The Balaban J connectivity index is 2.15. The predicted octanol–water partition coefficient (Wildman–Crippen LogP) is 3.41. The van der Waals surface area contributed by atoms with Crippen LogP contribution in [0.15, 0.2) is 18.2 Å². The number of anilines is 1. The van der Waals surface area contributed by atoms with Crippen LogP contribution in [0.4, 0.5) is 5.82 Å². The van der Waals surface area contributed by atoms with Crippen molar-refractivity contribution in [2.45, 2.75) is 46.6 Å². The van der Waals surface area contributed by atoms with Crippen LogP contribution < -0.4 is 5.32 Å². The van der Waals surface area contributed by atoms with Gasteiger partial charge in [0.25, 0.3) is 5.91 Å². The average molecular weight is 289 g/mol. The zero-order valence-corrected chi connectivity index (χ0v) is 13.6. The molecule has 1 aromatic rings. The van der Waals surface area contributed by atoms with Crippen LogP contribution in [-0.2, 0) is 0 Å². The van der Waals surface area contributed by atoms with Crippen molar-refractivity contribution in [3.05, 3.63) is 23.9 Å². The number of rotatable bonds is 4. The van der Waals surface area contributed by atoms with E-state index in [0.29, 0.717) is 17.5 Å². The Bertz CT molecular complexity index is 489. The van der Waals surface area contributed by atoms with Gasteiger partial charge in [0, 0.05) is 19.1 Å². The number of amides is 1. The summed E-state index contributed by atoms with van der Waals surface area (Å²) >= 11 is 0. The maximum absolute atomic E-state index is 12.8. The topological polar surface area (TPSA) is 45.2 Å². The minimum Gasteiger partial charge on any atom is -0.370 e. The molecule has 0 aromatic carbocycles. The second-order valence-corrected chi connectivity index (χ2v) is 6.35. The lowest BCUT2D eigenvalue weighted by Crippen LogP contribution is -2.49. The highest BCUT2D eigenvalue weighted by Crippen LogP contribution is 2.28. The van der Waals surface area contributed by atoms with Crippen LogP contribution in [0.3, 0.4) is 0 Å². The van der Waals surface area contributed by atoms with Crippen molar-refractivity contribution in [2.24, 2.45) is 11.8 Å². The lowest BCUT2D eigenvalue weighted by atomic mass is 9.86. The molecule has 1 aromatic heterocycles. The molecule has 21 heavy (non-hydrogen) atoms. The van der Waals surface area contributed by atoms with Gasteiger partial charge in [0.2, 0.25) is 0 Å². The minimum atomic E-state index is 0.0565. The summed E-state index contributed by atoms with van der Waals surface area (Å²) in [7, 11) is 0. The molecule has 0 saturated carbocycles. The van der Waals surface area contributed by atoms with E-state index >= 15 is 0 Å². The molecule has 2 rings (SSSR count). The van der Waals surface area contributed by atoms with Crippen LogP contribution in [0.2, 0.25) is 0 Å². The first-order valence-electron chi connectivity index (χ1n) is 8.04. The van der Waals surface area contributed by atoms with Gasteiger partial charge in [-0.05, 0) is 43.7 Å². The number of hydrogen-bond donors (Lipinski definition) is 1. The molecular formula is C17H27N3O. The molecule has 0 radical (unpaired) electrons. The fraction of sp³-hybridized carbons (Fsp3) is 0.647. The second-order valence-electron chi connectivity index (χ2n) is 6.35. The van der Waals surface area contributed by atoms with Crippen molar-refractivity contribution >= 4 is 11.7 Å². The molecule has 4 nitrogen and oxygen atoms in total. The number of nitrogens with one attached hydrogen (secondary N) is 1. The average Bonchev–Trinajstić information content (AvgIpc) is 2.48. The van der Waals surface area contributed by atoms with Crippen LogP contribution in [0.5, 0.6) is 0 Å². The SMILES string of the molecule is CCCNc1cccc(C(=O)N2CC(C)CC(C)C2C)n1. The highest BCUT2D eigenvalue weighted by Gasteiger charge is 2.32. The number of carbonyl (C=O) groups excluding carboxylic acids is 1. The lowest BCUT2D eigenvalue weighted by Gasteiger charge is -2.41. The molecule has 4 heteroatoms. The first-order valence-corrected chi connectivity index (χ1v) is 8.04. The monoisotopic (exact) mass is 289 g/mol. The Morgan fingerprint density at radius 2 is 2.14 bits per heavy atom. The molecule has 1 saturated heterocycles. The Hall–Kier alpha value is -1.58. The number of hydrogen-bond acceptors (Lipinski definition) is 3. The Morgan fingerprint density at radius 1 is 1.38 bits per heavy atom. The summed E-state index contributed by atoms with van der Waals surface area (Å²) in [5, 5.41) is 3.24. The minimum absolute atomic E-state index is 0.0565. The van der Waals surface area contributed by atoms with Gasteiger partial charge >= 0.3 is 0 Å². The van der Waals surface area contributed by atoms with Crippen molar-refractivity contribution in [1.29, 1.82) is 0 Å². The van der Waals surface area contributed by atoms with Gasteiger partial charge in [-0.25, -0.2) is 4.98 Å². The number of pyridine rings is 1. The van der Waals surface area contributed by atoms with Crippen molar-refractivity contribution in [3.63, 3.8) is 0 Å². The zero-order valence-electron chi connectivity index (χ0n) is 13.6. The fourth-order valence-corrected chi connectivity index (χ4v) is 3.04. The molecule has 116 valence electrons. The van der Waals surface area contributed by atoms with Crippen molar-refractivity contribution in [2.75, 3.05) is 18.4 Å². The third kappa shape index (κ3) is 3.74. The Labute approximate surface area is 127 Å². The first kappa shape index (κ1) is 15.8.